The number of fused-ring (bicyclic) bond motifs is 1. The lowest BCUT2D eigenvalue weighted by molar-refractivity contribution is -0.137. The molecule has 4 aromatic rings. The van der Waals surface area contributed by atoms with Crippen molar-refractivity contribution in [1.29, 1.82) is 0 Å². The first-order valence-corrected chi connectivity index (χ1v) is 11.2. The van der Waals surface area contributed by atoms with Crippen molar-refractivity contribution < 1.29 is 17.9 Å². The smallest absolute Gasteiger partial charge is 0.416 e. The van der Waals surface area contributed by atoms with E-state index in [4.69, 9.17) is 16.3 Å². The third kappa shape index (κ3) is 4.57. The fourth-order valence-electron chi connectivity index (χ4n) is 3.86. The van der Waals surface area contributed by atoms with Crippen LogP contribution in [0.2, 0.25) is 5.02 Å². The standard InChI is InChI=1S/C22H20ClF3N8O/c1-12(18-29-11-30-34(18)20-27-6-3-7-28-20)33(10-13-4-5-13)19-15-8-14(22(24,25)26)9-16(23)17(15)31-21(32-19)35-2/h3,6-9,11-13H,4-5,10H2,1-2H3. The molecule has 0 aliphatic heterocycles. The summed E-state index contributed by atoms with van der Waals surface area (Å²) in [4.78, 5) is 23.5. The molecule has 1 unspecified atom stereocenters. The minimum absolute atomic E-state index is 0.00462. The number of hydrogen-bond donors (Lipinski definition) is 0. The number of nitrogens with zero attached hydrogens (tertiary/aromatic N) is 8. The number of hydrogen-bond acceptors (Lipinski definition) is 8. The summed E-state index contributed by atoms with van der Waals surface area (Å²) in [6.07, 6.45) is 1.98. The largest absolute Gasteiger partial charge is 0.467 e. The molecule has 5 rings (SSSR count). The monoisotopic (exact) mass is 504 g/mol. The lowest BCUT2D eigenvalue weighted by Crippen LogP contribution is -2.32. The van der Waals surface area contributed by atoms with E-state index in [-0.39, 0.29) is 27.8 Å². The SMILES string of the molecule is COc1nc(N(CC2CC2)C(C)c2ncnn2-c2ncccn2)c2cc(C(F)(F)F)cc(Cl)c2n1. The highest BCUT2D eigenvalue weighted by atomic mass is 35.5. The number of benzene rings is 1. The summed E-state index contributed by atoms with van der Waals surface area (Å²) in [5.74, 6) is 1.45. The maximum absolute atomic E-state index is 13.6. The number of ether oxygens (including phenoxy) is 1. The summed E-state index contributed by atoms with van der Waals surface area (Å²) in [5.41, 5.74) is -0.715. The predicted molar refractivity (Wildman–Crippen MR) is 122 cm³/mol. The van der Waals surface area contributed by atoms with Crippen LogP contribution in [0, 0.1) is 5.92 Å². The Balaban J connectivity index is 1.69. The Morgan fingerprint density at radius 1 is 1.17 bits per heavy atom. The van der Waals surface area contributed by atoms with Crippen LogP contribution in [-0.4, -0.2) is 48.4 Å². The second kappa shape index (κ2) is 8.91. The molecule has 3 heterocycles. The van der Waals surface area contributed by atoms with E-state index in [9.17, 15) is 13.2 Å². The minimum atomic E-state index is -4.59. The van der Waals surface area contributed by atoms with Crippen molar-refractivity contribution in [1.82, 2.24) is 34.7 Å². The second-order valence-corrected chi connectivity index (χ2v) is 8.64. The zero-order valence-corrected chi connectivity index (χ0v) is 19.5. The van der Waals surface area contributed by atoms with Gasteiger partial charge in [0.2, 0.25) is 0 Å². The van der Waals surface area contributed by atoms with Crippen LogP contribution in [0.15, 0.2) is 36.9 Å². The Morgan fingerprint density at radius 2 is 1.91 bits per heavy atom. The molecule has 1 saturated carbocycles. The Hall–Kier alpha value is -3.54. The summed E-state index contributed by atoms with van der Waals surface area (Å²) in [5, 5.41) is 4.29. The molecule has 13 heteroatoms. The summed E-state index contributed by atoms with van der Waals surface area (Å²) in [6.45, 7) is 2.41. The maximum Gasteiger partial charge on any atom is 0.416 e. The van der Waals surface area contributed by atoms with E-state index in [1.54, 1.807) is 18.5 Å². The highest BCUT2D eigenvalue weighted by Crippen LogP contribution is 2.41. The average Bonchev–Trinajstić information content (AvgIpc) is 3.53. The molecule has 0 bridgehead atoms. The summed E-state index contributed by atoms with van der Waals surface area (Å²) >= 11 is 6.27. The number of rotatable bonds is 7. The van der Waals surface area contributed by atoms with Crippen LogP contribution in [0.5, 0.6) is 6.01 Å². The molecule has 3 aromatic heterocycles. The van der Waals surface area contributed by atoms with E-state index in [2.05, 4.69) is 30.0 Å². The third-order valence-electron chi connectivity index (χ3n) is 5.80. The number of methoxy groups -OCH3 is 1. The first kappa shape index (κ1) is 23.2. The summed E-state index contributed by atoms with van der Waals surface area (Å²) < 4.78 is 47.7. The van der Waals surface area contributed by atoms with Crippen LogP contribution < -0.4 is 9.64 Å². The van der Waals surface area contributed by atoms with Gasteiger partial charge in [0.25, 0.3) is 5.95 Å². The molecule has 1 fully saturated rings. The molecule has 0 N–H and O–H groups in total. The highest BCUT2D eigenvalue weighted by Gasteiger charge is 2.35. The molecular weight excluding hydrogens is 485 g/mol. The van der Waals surface area contributed by atoms with Crippen molar-refractivity contribution in [2.24, 2.45) is 5.92 Å². The van der Waals surface area contributed by atoms with Crippen LogP contribution in [0.1, 0.15) is 37.2 Å². The summed E-state index contributed by atoms with van der Waals surface area (Å²) in [6, 6.07) is 3.10. The van der Waals surface area contributed by atoms with Crippen molar-refractivity contribution in [3.05, 3.63) is 53.3 Å². The molecule has 1 aliphatic rings. The molecule has 0 saturated heterocycles. The maximum atomic E-state index is 13.6. The molecule has 0 amide bonds. The lowest BCUT2D eigenvalue weighted by atomic mass is 10.1. The van der Waals surface area contributed by atoms with Gasteiger partial charge in [-0.25, -0.2) is 15.0 Å². The predicted octanol–water partition coefficient (Wildman–Crippen LogP) is 4.66. The average molecular weight is 505 g/mol. The van der Waals surface area contributed by atoms with E-state index in [1.807, 2.05) is 11.8 Å². The number of anilines is 1. The minimum Gasteiger partial charge on any atom is -0.467 e. The highest BCUT2D eigenvalue weighted by molar-refractivity contribution is 6.35. The number of halogens is 4. The molecule has 1 aromatic carbocycles. The first-order valence-electron chi connectivity index (χ1n) is 10.8. The number of aromatic nitrogens is 7. The van der Waals surface area contributed by atoms with Crippen LogP contribution >= 0.6 is 11.6 Å². The molecule has 35 heavy (non-hydrogen) atoms. The fourth-order valence-corrected chi connectivity index (χ4v) is 4.13. The fraction of sp³-hybridized carbons (Fsp3) is 0.364. The third-order valence-corrected chi connectivity index (χ3v) is 6.09. The molecule has 0 spiro atoms. The Morgan fingerprint density at radius 3 is 2.57 bits per heavy atom. The van der Waals surface area contributed by atoms with Crippen LogP contribution in [0.25, 0.3) is 16.9 Å². The van der Waals surface area contributed by atoms with Gasteiger partial charge in [-0.2, -0.15) is 32.9 Å². The molecule has 1 aliphatic carbocycles. The van der Waals surface area contributed by atoms with Crippen molar-refractivity contribution >= 4 is 28.3 Å². The second-order valence-electron chi connectivity index (χ2n) is 8.24. The van der Waals surface area contributed by atoms with Crippen molar-refractivity contribution in [3.63, 3.8) is 0 Å². The normalized spacial score (nSPS) is 14.8. The van der Waals surface area contributed by atoms with Crippen LogP contribution in [0.4, 0.5) is 19.0 Å². The Bertz CT molecular complexity index is 1360. The molecule has 1 atom stereocenters. The Kier molecular flexibility index (Phi) is 5.91. The van der Waals surface area contributed by atoms with Gasteiger partial charge in [-0.3, -0.25) is 0 Å². The number of alkyl halides is 3. The van der Waals surface area contributed by atoms with Gasteiger partial charge in [0.05, 0.1) is 29.3 Å². The van der Waals surface area contributed by atoms with Gasteiger partial charge in [0.15, 0.2) is 5.82 Å². The quantitative estimate of drug-likeness (QED) is 0.359. The van der Waals surface area contributed by atoms with Gasteiger partial charge in [-0.15, -0.1) is 0 Å². The van der Waals surface area contributed by atoms with Crippen molar-refractivity contribution in [3.8, 4) is 12.0 Å². The molecule has 0 radical (unpaired) electrons. The van der Waals surface area contributed by atoms with Gasteiger partial charge >= 0.3 is 12.2 Å². The Labute approximate surface area is 203 Å². The van der Waals surface area contributed by atoms with E-state index in [1.165, 1.54) is 18.1 Å². The molecule has 9 nitrogen and oxygen atoms in total. The van der Waals surface area contributed by atoms with E-state index in [0.717, 1.165) is 25.0 Å². The van der Waals surface area contributed by atoms with Gasteiger partial charge in [0, 0.05) is 24.3 Å². The van der Waals surface area contributed by atoms with Crippen LogP contribution in [0.3, 0.4) is 0 Å². The van der Waals surface area contributed by atoms with Gasteiger partial charge in [-0.05, 0) is 43.9 Å². The zero-order chi connectivity index (χ0) is 24.7. The molecule has 182 valence electrons. The summed E-state index contributed by atoms with van der Waals surface area (Å²) in [7, 11) is 1.39. The zero-order valence-electron chi connectivity index (χ0n) is 18.7. The van der Waals surface area contributed by atoms with Crippen LogP contribution in [-0.2, 0) is 6.18 Å². The first-order chi connectivity index (χ1) is 16.8. The van der Waals surface area contributed by atoms with Gasteiger partial charge < -0.3 is 9.64 Å². The molecular formula is C22H20ClF3N8O. The van der Waals surface area contributed by atoms with Crippen molar-refractivity contribution in [2.75, 3.05) is 18.6 Å². The van der Waals surface area contributed by atoms with E-state index in [0.29, 0.717) is 24.2 Å². The van der Waals surface area contributed by atoms with Crippen molar-refractivity contribution in [2.45, 2.75) is 32.0 Å². The van der Waals surface area contributed by atoms with Gasteiger partial charge in [-0.1, -0.05) is 11.6 Å². The van der Waals surface area contributed by atoms with E-state index < -0.39 is 17.8 Å². The van der Waals surface area contributed by atoms with E-state index >= 15 is 0 Å². The topological polar surface area (TPSA) is 94.7 Å². The van der Waals surface area contributed by atoms with Gasteiger partial charge in [0.1, 0.15) is 12.1 Å². The lowest BCUT2D eigenvalue weighted by Gasteiger charge is -2.31.